The van der Waals surface area contributed by atoms with Crippen LogP contribution in [0.25, 0.3) is 0 Å². The minimum Gasteiger partial charge on any atom is -0.465 e. The predicted molar refractivity (Wildman–Crippen MR) is 70.1 cm³/mol. The first-order valence-corrected chi connectivity index (χ1v) is 6.17. The van der Waals surface area contributed by atoms with E-state index >= 15 is 0 Å². The summed E-state index contributed by atoms with van der Waals surface area (Å²) in [6.45, 7) is 4.48. The number of nitrogens with one attached hydrogen (secondary N) is 1. The van der Waals surface area contributed by atoms with Crippen LogP contribution in [0.1, 0.15) is 30.0 Å². The summed E-state index contributed by atoms with van der Waals surface area (Å²) in [7, 11) is 0. The van der Waals surface area contributed by atoms with E-state index in [1.807, 2.05) is 26.0 Å². The zero-order chi connectivity index (χ0) is 13.1. The van der Waals surface area contributed by atoms with Gasteiger partial charge in [0.15, 0.2) is 0 Å². The quantitative estimate of drug-likeness (QED) is 0.897. The summed E-state index contributed by atoms with van der Waals surface area (Å²) in [4.78, 5) is 0. The third-order valence-corrected chi connectivity index (χ3v) is 3.09. The molecule has 0 fully saturated rings. The summed E-state index contributed by atoms with van der Waals surface area (Å²) in [6, 6.07) is 8.76. The lowest BCUT2D eigenvalue weighted by atomic mass is 10.2. The van der Waals surface area contributed by atoms with Crippen molar-refractivity contribution in [1.82, 2.24) is 5.32 Å². The van der Waals surface area contributed by atoms with Crippen molar-refractivity contribution in [3.63, 3.8) is 0 Å². The molecule has 0 bridgehead atoms. The SMILES string of the molecule is Cc1ccc(C(C)NCc2ccc(Cl)c(F)c2)o1. The molecule has 0 aliphatic carbocycles. The number of aryl methyl sites for hydroxylation is 1. The predicted octanol–water partition coefficient (Wildman–Crippen LogP) is 4.23. The zero-order valence-electron chi connectivity index (χ0n) is 10.3. The van der Waals surface area contributed by atoms with Gasteiger partial charge in [0.25, 0.3) is 0 Å². The molecule has 1 unspecified atom stereocenters. The number of hydrogen-bond donors (Lipinski definition) is 1. The van der Waals surface area contributed by atoms with Gasteiger partial charge in [-0.15, -0.1) is 0 Å². The molecule has 0 saturated carbocycles. The van der Waals surface area contributed by atoms with E-state index < -0.39 is 5.82 Å². The molecule has 18 heavy (non-hydrogen) atoms. The highest BCUT2D eigenvalue weighted by atomic mass is 35.5. The van der Waals surface area contributed by atoms with Crippen LogP contribution in [0.15, 0.2) is 34.7 Å². The summed E-state index contributed by atoms with van der Waals surface area (Å²) in [5.41, 5.74) is 0.854. The number of halogens is 2. The van der Waals surface area contributed by atoms with Crippen molar-refractivity contribution >= 4 is 11.6 Å². The van der Waals surface area contributed by atoms with Gasteiger partial charge >= 0.3 is 0 Å². The fourth-order valence-corrected chi connectivity index (χ4v) is 1.82. The van der Waals surface area contributed by atoms with Gasteiger partial charge in [-0.25, -0.2) is 4.39 Å². The Balaban J connectivity index is 1.97. The standard InChI is InChI=1S/C14H15ClFNO/c1-9-3-6-14(18-9)10(2)17-8-11-4-5-12(15)13(16)7-11/h3-7,10,17H,8H2,1-2H3. The van der Waals surface area contributed by atoms with Crippen LogP contribution in [-0.4, -0.2) is 0 Å². The summed E-state index contributed by atoms with van der Waals surface area (Å²) in [5.74, 6) is 1.37. The fraction of sp³-hybridized carbons (Fsp3) is 0.286. The van der Waals surface area contributed by atoms with E-state index in [0.717, 1.165) is 17.1 Å². The third-order valence-electron chi connectivity index (χ3n) is 2.78. The number of benzene rings is 1. The highest BCUT2D eigenvalue weighted by Crippen LogP contribution is 2.18. The lowest BCUT2D eigenvalue weighted by Gasteiger charge is -2.11. The van der Waals surface area contributed by atoms with Crippen molar-refractivity contribution in [2.24, 2.45) is 0 Å². The Bertz CT molecular complexity index is 538. The Kier molecular flexibility index (Phi) is 4.04. The minimum absolute atomic E-state index is 0.0810. The Morgan fingerprint density at radius 3 is 2.72 bits per heavy atom. The van der Waals surface area contributed by atoms with Crippen molar-refractivity contribution in [1.29, 1.82) is 0 Å². The van der Waals surface area contributed by atoms with Crippen molar-refractivity contribution in [3.8, 4) is 0 Å². The average Bonchev–Trinajstić information content (AvgIpc) is 2.77. The van der Waals surface area contributed by atoms with Crippen molar-refractivity contribution in [2.75, 3.05) is 0 Å². The highest BCUT2D eigenvalue weighted by Gasteiger charge is 2.09. The number of hydrogen-bond acceptors (Lipinski definition) is 2. The molecular weight excluding hydrogens is 253 g/mol. The van der Waals surface area contributed by atoms with Crippen LogP contribution in [0.5, 0.6) is 0 Å². The molecule has 96 valence electrons. The van der Waals surface area contributed by atoms with E-state index in [1.54, 1.807) is 12.1 Å². The third kappa shape index (κ3) is 3.12. The fourth-order valence-electron chi connectivity index (χ4n) is 1.71. The Labute approximate surface area is 111 Å². The lowest BCUT2D eigenvalue weighted by Crippen LogP contribution is -2.17. The normalized spacial score (nSPS) is 12.7. The van der Waals surface area contributed by atoms with Crippen LogP contribution in [0, 0.1) is 12.7 Å². The summed E-state index contributed by atoms with van der Waals surface area (Å²) in [5, 5.41) is 3.42. The molecule has 0 radical (unpaired) electrons. The van der Waals surface area contributed by atoms with Gasteiger partial charge in [-0.3, -0.25) is 0 Å². The van der Waals surface area contributed by atoms with Crippen LogP contribution in [0.3, 0.4) is 0 Å². The van der Waals surface area contributed by atoms with Crippen molar-refractivity contribution in [2.45, 2.75) is 26.4 Å². The van der Waals surface area contributed by atoms with Gasteiger partial charge in [-0.1, -0.05) is 17.7 Å². The molecule has 0 aliphatic rings. The molecule has 0 amide bonds. The van der Waals surface area contributed by atoms with Gasteiger partial charge in [0.2, 0.25) is 0 Å². The van der Waals surface area contributed by atoms with E-state index in [1.165, 1.54) is 6.07 Å². The summed E-state index contributed by atoms with van der Waals surface area (Å²) < 4.78 is 18.8. The van der Waals surface area contributed by atoms with Crippen LogP contribution in [-0.2, 0) is 6.54 Å². The second-order valence-electron chi connectivity index (χ2n) is 4.30. The van der Waals surface area contributed by atoms with Crippen molar-refractivity contribution < 1.29 is 8.81 Å². The molecule has 1 aromatic carbocycles. The maximum atomic E-state index is 13.3. The first kappa shape index (κ1) is 13.1. The molecule has 0 aliphatic heterocycles. The van der Waals surface area contributed by atoms with Crippen molar-refractivity contribution in [3.05, 3.63) is 58.3 Å². The maximum absolute atomic E-state index is 13.3. The smallest absolute Gasteiger partial charge is 0.142 e. The summed E-state index contributed by atoms with van der Waals surface area (Å²) in [6.07, 6.45) is 0. The average molecular weight is 268 g/mol. The Hall–Kier alpha value is -1.32. The van der Waals surface area contributed by atoms with E-state index in [9.17, 15) is 4.39 Å². The molecule has 4 heteroatoms. The molecule has 1 aromatic heterocycles. The topological polar surface area (TPSA) is 25.2 Å². The molecule has 1 heterocycles. The molecule has 1 atom stereocenters. The summed E-state index contributed by atoms with van der Waals surface area (Å²) >= 11 is 5.63. The number of rotatable bonds is 4. The minimum atomic E-state index is -0.391. The number of furan rings is 1. The van der Waals surface area contributed by atoms with Crippen LogP contribution in [0.2, 0.25) is 5.02 Å². The van der Waals surface area contributed by atoms with Crippen LogP contribution < -0.4 is 5.32 Å². The Morgan fingerprint density at radius 2 is 2.11 bits per heavy atom. The Morgan fingerprint density at radius 1 is 1.33 bits per heavy atom. The monoisotopic (exact) mass is 267 g/mol. The van der Waals surface area contributed by atoms with Crippen LogP contribution in [0.4, 0.5) is 4.39 Å². The second-order valence-corrected chi connectivity index (χ2v) is 4.71. The van der Waals surface area contributed by atoms with Gasteiger partial charge in [0.05, 0.1) is 11.1 Å². The molecule has 2 aromatic rings. The molecular formula is C14H15ClFNO. The van der Waals surface area contributed by atoms with E-state index in [4.69, 9.17) is 16.0 Å². The van der Waals surface area contributed by atoms with Gasteiger partial charge in [0, 0.05) is 6.54 Å². The van der Waals surface area contributed by atoms with Gasteiger partial charge < -0.3 is 9.73 Å². The molecule has 0 saturated heterocycles. The lowest BCUT2D eigenvalue weighted by molar-refractivity contribution is 0.415. The van der Waals surface area contributed by atoms with Gasteiger partial charge in [0.1, 0.15) is 17.3 Å². The molecule has 2 nitrogen and oxygen atoms in total. The second kappa shape index (κ2) is 5.55. The first-order chi connectivity index (χ1) is 8.56. The maximum Gasteiger partial charge on any atom is 0.142 e. The molecule has 1 N–H and O–H groups in total. The molecule has 0 spiro atoms. The van der Waals surface area contributed by atoms with E-state index in [2.05, 4.69) is 5.32 Å². The van der Waals surface area contributed by atoms with Gasteiger partial charge in [-0.05, 0) is 43.7 Å². The molecule has 2 rings (SSSR count). The van der Waals surface area contributed by atoms with Gasteiger partial charge in [-0.2, -0.15) is 0 Å². The highest BCUT2D eigenvalue weighted by molar-refractivity contribution is 6.30. The van der Waals surface area contributed by atoms with E-state index in [-0.39, 0.29) is 11.1 Å². The largest absolute Gasteiger partial charge is 0.465 e. The first-order valence-electron chi connectivity index (χ1n) is 5.80. The zero-order valence-corrected chi connectivity index (χ0v) is 11.1. The van der Waals surface area contributed by atoms with E-state index in [0.29, 0.717) is 6.54 Å². The van der Waals surface area contributed by atoms with Crippen LogP contribution >= 0.6 is 11.6 Å².